The van der Waals surface area contributed by atoms with Crippen LogP contribution in [0.1, 0.15) is 10.4 Å². The highest BCUT2D eigenvalue weighted by molar-refractivity contribution is 6.02. The maximum Gasteiger partial charge on any atom is 0.152 e. The van der Waals surface area contributed by atoms with Crippen LogP contribution in [0.5, 0.6) is 0 Å². The highest BCUT2D eigenvalue weighted by Crippen LogP contribution is 2.20. The predicted molar refractivity (Wildman–Crippen MR) is 45.9 cm³/mol. The molecule has 0 aliphatic carbocycles. The van der Waals surface area contributed by atoms with Crippen LogP contribution >= 0.6 is 0 Å². The van der Waals surface area contributed by atoms with Gasteiger partial charge < -0.3 is 10.7 Å². The lowest BCUT2D eigenvalue weighted by Crippen LogP contribution is -1.88. The highest BCUT2D eigenvalue weighted by atomic mass is 16.1. The molecule has 60 valence electrons. The molecule has 0 aromatic carbocycles. The molecule has 0 fully saturated rings. The minimum absolute atomic E-state index is 0.551. The predicted octanol–water partition coefficient (Wildman–Crippen LogP) is 0.958. The Kier molecular flexibility index (Phi) is 1.33. The van der Waals surface area contributed by atoms with Crippen molar-refractivity contribution in [1.82, 2.24) is 9.97 Å². The Morgan fingerprint density at radius 3 is 3.17 bits per heavy atom. The maximum atomic E-state index is 10.5. The number of rotatable bonds is 1. The molecule has 0 amide bonds. The summed E-state index contributed by atoms with van der Waals surface area (Å²) in [4.78, 5) is 17.4. The normalized spacial score (nSPS) is 10.3. The summed E-state index contributed by atoms with van der Waals surface area (Å²) in [5, 5.41) is 0.701. The van der Waals surface area contributed by atoms with Crippen LogP contribution in [-0.2, 0) is 0 Å². The molecule has 2 heterocycles. The lowest BCUT2D eigenvalue weighted by molar-refractivity contribution is 0.112. The van der Waals surface area contributed by atoms with Gasteiger partial charge in [-0.1, -0.05) is 0 Å². The van der Waals surface area contributed by atoms with E-state index in [1.54, 1.807) is 18.5 Å². The molecule has 4 nitrogen and oxygen atoms in total. The van der Waals surface area contributed by atoms with E-state index >= 15 is 0 Å². The van der Waals surface area contributed by atoms with Gasteiger partial charge in [0.2, 0.25) is 0 Å². The van der Waals surface area contributed by atoms with Gasteiger partial charge in [-0.2, -0.15) is 0 Å². The molecule has 4 heteroatoms. The summed E-state index contributed by atoms with van der Waals surface area (Å²) in [6.07, 6.45) is 3.96. The van der Waals surface area contributed by atoms with Gasteiger partial charge in [-0.15, -0.1) is 0 Å². The zero-order chi connectivity index (χ0) is 8.55. The van der Waals surface area contributed by atoms with Crippen molar-refractivity contribution in [3.8, 4) is 0 Å². The first-order valence-electron chi connectivity index (χ1n) is 3.49. The number of nitrogens with zero attached hydrogens (tertiary/aromatic N) is 1. The smallest absolute Gasteiger partial charge is 0.152 e. The van der Waals surface area contributed by atoms with Crippen molar-refractivity contribution >= 4 is 23.0 Å². The van der Waals surface area contributed by atoms with Crippen molar-refractivity contribution < 1.29 is 4.79 Å². The number of fused-ring (bicyclic) bond motifs is 1. The SMILES string of the molecule is Nc1ccnc2[nH]cc(C=O)c12. The summed E-state index contributed by atoms with van der Waals surface area (Å²) < 4.78 is 0. The molecule has 0 saturated carbocycles. The third kappa shape index (κ3) is 0.780. The first-order chi connectivity index (χ1) is 5.83. The molecule has 0 radical (unpaired) electrons. The van der Waals surface area contributed by atoms with E-state index in [0.717, 1.165) is 6.29 Å². The number of hydrogen-bond donors (Lipinski definition) is 2. The van der Waals surface area contributed by atoms with E-state index < -0.39 is 0 Å². The van der Waals surface area contributed by atoms with E-state index in [1.165, 1.54) is 0 Å². The second kappa shape index (κ2) is 2.34. The Labute approximate surface area is 68.4 Å². The molecule has 2 aromatic heterocycles. The number of carbonyl (C=O) groups is 1. The summed E-state index contributed by atoms with van der Waals surface area (Å²) in [6.45, 7) is 0. The molecular weight excluding hydrogens is 154 g/mol. The first kappa shape index (κ1) is 6.84. The average Bonchev–Trinajstić information content (AvgIpc) is 2.49. The van der Waals surface area contributed by atoms with Crippen LogP contribution in [0.25, 0.3) is 11.0 Å². The molecule has 0 spiro atoms. The number of carbonyl (C=O) groups excluding carboxylic acids is 1. The fourth-order valence-corrected chi connectivity index (χ4v) is 1.20. The summed E-state index contributed by atoms with van der Waals surface area (Å²) in [6, 6.07) is 1.67. The molecule has 2 rings (SSSR count). The Bertz CT molecular complexity index is 433. The lowest BCUT2D eigenvalue weighted by atomic mass is 10.2. The number of nitrogens with two attached hydrogens (primary N) is 1. The third-order valence-corrected chi connectivity index (χ3v) is 1.76. The monoisotopic (exact) mass is 161 g/mol. The van der Waals surface area contributed by atoms with Crippen molar-refractivity contribution in [2.75, 3.05) is 5.73 Å². The van der Waals surface area contributed by atoms with Gasteiger partial charge in [0.15, 0.2) is 6.29 Å². The van der Waals surface area contributed by atoms with Crippen molar-refractivity contribution in [3.63, 3.8) is 0 Å². The van der Waals surface area contributed by atoms with Gasteiger partial charge >= 0.3 is 0 Å². The number of aromatic nitrogens is 2. The standard InChI is InChI=1S/C8H7N3O/c9-6-1-2-10-8-7(6)5(4-12)3-11-8/h1-4H,(H3,9,10,11). The number of aldehydes is 1. The van der Waals surface area contributed by atoms with Gasteiger partial charge in [-0.05, 0) is 6.07 Å². The molecule has 12 heavy (non-hydrogen) atoms. The van der Waals surface area contributed by atoms with E-state index in [1.807, 2.05) is 0 Å². The Morgan fingerprint density at radius 2 is 2.42 bits per heavy atom. The second-order valence-corrected chi connectivity index (χ2v) is 2.49. The van der Waals surface area contributed by atoms with Crippen LogP contribution in [0.3, 0.4) is 0 Å². The van der Waals surface area contributed by atoms with Gasteiger partial charge in [0.25, 0.3) is 0 Å². The topological polar surface area (TPSA) is 71.8 Å². The Hall–Kier alpha value is -1.84. The zero-order valence-corrected chi connectivity index (χ0v) is 6.24. The summed E-state index contributed by atoms with van der Waals surface area (Å²) in [7, 11) is 0. The second-order valence-electron chi connectivity index (χ2n) is 2.49. The number of hydrogen-bond acceptors (Lipinski definition) is 3. The fraction of sp³-hybridized carbons (Fsp3) is 0. The Morgan fingerprint density at radius 1 is 1.58 bits per heavy atom. The molecule has 2 aromatic rings. The molecule has 0 atom stereocenters. The first-order valence-corrected chi connectivity index (χ1v) is 3.49. The summed E-state index contributed by atoms with van der Waals surface area (Å²) in [5.41, 5.74) is 7.43. The van der Waals surface area contributed by atoms with E-state index in [2.05, 4.69) is 9.97 Å². The number of pyridine rings is 1. The van der Waals surface area contributed by atoms with Crippen LogP contribution in [0, 0.1) is 0 Å². The molecule has 0 bridgehead atoms. The van der Waals surface area contributed by atoms with Crippen molar-refractivity contribution in [2.45, 2.75) is 0 Å². The van der Waals surface area contributed by atoms with Crippen LogP contribution in [0.2, 0.25) is 0 Å². The van der Waals surface area contributed by atoms with Gasteiger partial charge in [0.05, 0.1) is 5.39 Å². The summed E-state index contributed by atoms with van der Waals surface area (Å²) >= 11 is 0. The van der Waals surface area contributed by atoms with Crippen molar-refractivity contribution in [2.24, 2.45) is 0 Å². The molecule has 0 aliphatic rings. The van der Waals surface area contributed by atoms with E-state index in [-0.39, 0.29) is 0 Å². The minimum atomic E-state index is 0.551. The average molecular weight is 161 g/mol. The van der Waals surface area contributed by atoms with Crippen LogP contribution in [0.15, 0.2) is 18.5 Å². The highest BCUT2D eigenvalue weighted by Gasteiger charge is 2.05. The van der Waals surface area contributed by atoms with E-state index in [4.69, 9.17) is 5.73 Å². The van der Waals surface area contributed by atoms with Crippen molar-refractivity contribution in [3.05, 3.63) is 24.0 Å². The molecular formula is C8H7N3O. The zero-order valence-electron chi connectivity index (χ0n) is 6.24. The maximum absolute atomic E-state index is 10.5. The van der Waals surface area contributed by atoms with Crippen molar-refractivity contribution in [1.29, 1.82) is 0 Å². The largest absolute Gasteiger partial charge is 0.398 e. The summed E-state index contributed by atoms with van der Waals surface area (Å²) in [5.74, 6) is 0. The molecule has 3 N–H and O–H groups in total. The lowest BCUT2D eigenvalue weighted by Gasteiger charge is -1.94. The number of aromatic amines is 1. The fourth-order valence-electron chi connectivity index (χ4n) is 1.20. The third-order valence-electron chi connectivity index (χ3n) is 1.76. The number of anilines is 1. The van der Waals surface area contributed by atoms with Gasteiger partial charge in [0, 0.05) is 23.6 Å². The number of nitrogens with one attached hydrogen (secondary N) is 1. The van der Waals surface area contributed by atoms with E-state index in [0.29, 0.717) is 22.3 Å². The van der Waals surface area contributed by atoms with Crippen LogP contribution in [0.4, 0.5) is 5.69 Å². The van der Waals surface area contributed by atoms with Crippen LogP contribution in [-0.4, -0.2) is 16.3 Å². The number of H-pyrrole nitrogens is 1. The molecule has 0 aliphatic heterocycles. The van der Waals surface area contributed by atoms with Gasteiger partial charge in [-0.3, -0.25) is 4.79 Å². The molecule has 0 unspecified atom stereocenters. The molecule has 0 saturated heterocycles. The van der Waals surface area contributed by atoms with Gasteiger partial charge in [0.1, 0.15) is 5.65 Å². The van der Waals surface area contributed by atoms with Crippen LogP contribution < -0.4 is 5.73 Å². The Balaban J connectivity index is 2.91. The van der Waals surface area contributed by atoms with E-state index in [9.17, 15) is 4.79 Å². The van der Waals surface area contributed by atoms with Gasteiger partial charge in [-0.25, -0.2) is 4.98 Å². The quantitative estimate of drug-likeness (QED) is 0.612. The minimum Gasteiger partial charge on any atom is -0.398 e. The number of nitrogen functional groups attached to an aromatic ring is 1.